The van der Waals surface area contributed by atoms with Crippen molar-refractivity contribution >= 4 is 5.97 Å². The molecule has 1 aromatic rings. The molecule has 0 atom stereocenters. The third-order valence-corrected chi connectivity index (χ3v) is 2.97. The average molecular weight is 328 g/mol. The minimum Gasteiger partial charge on any atom is -0.466 e. The van der Waals surface area contributed by atoms with Crippen LogP contribution in [-0.4, -0.2) is 12.6 Å². The maximum Gasteiger partial charge on any atom is 0.417 e. The monoisotopic (exact) mass is 328 g/mol. The lowest BCUT2D eigenvalue weighted by atomic mass is 9.94. The number of benzene rings is 1. The summed E-state index contributed by atoms with van der Waals surface area (Å²) in [6, 6.07) is 0.843. The molecular weight excluding hydrogens is 314 g/mol. The van der Waals surface area contributed by atoms with Gasteiger partial charge in [0, 0.05) is 0 Å². The van der Waals surface area contributed by atoms with E-state index < -0.39 is 35.9 Å². The molecule has 0 unspecified atom stereocenters. The van der Waals surface area contributed by atoms with Crippen molar-refractivity contribution in [2.45, 2.75) is 39.0 Å². The van der Waals surface area contributed by atoms with E-state index in [9.17, 15) is 31.1 Å². The van der Waals surface area contributed by atoms with Crippen LogP contribution in [0.4, 0.5) is 26.3 Å². The third kappa shape index (κ3) is 4.38. The van der Waals surface area contributed by atoms with Gasteiger partial charge in [-0.3, -0.25) is 4.79 Å². The van der Waals surface area contributed by atoms with E-state index in [1.54, 1.807) is 0 Å². The van der Waals surface area contributed by atoms with Crippen LogP contribution >= 0.6 is 0 Å². The summed E-state index contributed by atoms with van der Waals surface area (Å²) in [6.45, 7) is 3.05. The van der Waals surface area contributed by atoms with Gasteiger partial charge in [0.05, 0.1) is 24.2 Å². The molecule has 0 saturated heterocycles. The van der Waals surface area contributed by atoms with E-state index in [-0.39, 0.29) is 24.2 Å². The van der Waals surface area contributed by atoms with Crippen LogP contribution in [0, 0.1) is 0 Å². The average Bonchev–Trinajstić information content (AvgIpc) is 2.36. The maximum atomic E-state index is 12.9. The topological polar surface area (TPSA) is 26.3 Å². The van der Waals surface area contributed by atoms with Crippen molar-refractivity contribution in [3.8, 4) is 0 Å². The Morgan fingerprint density at radius 3 is 1.77 bits per heavy atom. The molecule has 2 nitrogen and oxygen atoms in total. The summed E-state index contributed by atoms with van der Waals surface area (Å²) < 4.78 is 81.7. The Bertz CT molecular complexity index is 545. The Hall–Kier alpha value is -1.73. The molecule has 0 fully saturated rings. The number of ether oxygens (including phenoxy) is 1. The van der Waals surface area contributed by atoms with E-state index in [4.69, 9.17) is 0 Å². The highest BCUT2D eigenvalue weighted by Gasteiger charge is 2.43. The van der Waals surface area contributed by atoms with Gasteiger partial charge < -0.3 is 4.74 Å². The smallest absolute Gasteiger partial charge is 0.417 e. The van der Waals surface area contributed by atoms with Gasteiger partial charge in [0.15, 0.2) is 0 Å². The van der Waals surface area contributed by atoms with E-state index in [1.807, 2.05) is 0 Å². The van der Waals surface area contributed by atoms with Crippen molar-refractivity contribution < 1.29 is 35.9 Å². The first-order chi connectivity index (χ1) is 10.0. The summed E-state index contributed by atoms with van der Waals surface area (Å²) in [6.07, 6.45) is -10.7. The number of alkyl halides is 6. The molecule has 0 radical (unpaired) electrons. The number of rotatable bonds is 4. The van der Waals surface area contributed by atoms with Crippen LogP contribution in [0.3, 0.4) is 0 Å². The summed E-state index contributed by atoms with van der Waals surface area (Å²) in [4.78, 5) is 11.4. The zero-order chi connectivity index (χ0) is 17.1. The van der Waals surface area contributed by atoms with Crippen molar-refractivity contribution in [3.05, 3.63) is 34.4 Å². The predicted molar refractivity (Wildman–Crippen MR) is 66.2 cm³/mol. The molecule has 0 bridgehead atoms. The number of hydrogen-bond acceptors (Lipinski definition) is 2. The van der Waals surface area contributed by atoms with Crippen LogP contribution in [0.1, 0.15) is 36.1 Å². The molecule has 0 amide bonds. The lowest BCUT2D eigenvalue weighted by Crippen LogP contribution is -2.19. The molecule has 0 aliphatic rings. The third-order valence-electron chi connectivity index (χ3n) is 2.97. The molecule has 0 aromatic heterocycles. The molecule has 0 heterocycles. The zero-order valence-corrected chi connectivity index (χ0v) is 11.9. The Morgan fingerprint density at radius 2 is 1.41 bits per heavy atom. The highest BCUT2D eigenvalue weighted by Crippen LogP contribution is 2.41. The van der Waals surface area contributed by atoms with Gasteiger partial charge in [0.25, 0.3) is 0 Å². The maximum absolute atomic E-state index is 12.9. The Morgan fingerprint density at radius 1 is 0.955 bits per heavy atom. The molecule has 22 heavy (non-hydrogen) atoms. The molecule has 1 aromatic carbocycles. The summed E-state index contributed by atoms with van der Waals surface area (Å²) in [5, 5.41) is 0. The zero-order valence-electron chi connectivity index (χ0n) is 11.9. The van der Waals surface area contributed by atoms with Gasteiger partial charge in [-0.15, -0.1) is 0 Å². The van der Waals surface area contributed by atoms with Gasteiger partial charge in [-0.25, -0.2) is 0 Å². The molecule has 0 aliphatic heterocycles. The van der Waals surface area contributed by atoms with E-state index in [0.29, 0.717) is 12.1 Å². The Kier molecular flexibility index (Phi) is 5.48. The van der Waals surface area contributed by atoms with Crippen LogP contribution in [0.2, 0.25) is 0 Å². The first kappa shape index (κ1) is 18.3. The van der Waals surface area contributed by atoms with Gasteiger partial charge in [0.1, 0.15) is 0 Å². The molecule has 8 heteroatoms. The van der Waals surface area contributed by atoms with Gasteiger partial charge in [-0.05, 0) is 36.6 Å². The summed E-state index contributed by atoms with van der Waals surface area (Å²) in [5.74, 6) is -0.787. The van der Waals surface area contributed by atoms with E-state index >= 15 is 0 Å². The fourth-order valence-corrected chi connectivity index (χ4v) is 2.02. The lowest BCUT2D eigenvalue weighted by Gasteiger charge is -2.19. The summed E-state index contributed by atoms with van der Waals surface area (Å²) in [5.41, 5.74) is -3.62. The second kappa shape index (κ2) is 6.58. The van der Waals surface area contributed by atoms with Gasteiger partial charge in [-0.2, -0.15) is 26.3 Å². The summed E-state index contributed by atoms with van der Waals surface area (Å²) >= 11 is 0. The fraction of sp³-hybridized carbons (Fsp3) is 0.500. The van der Waals surface area contributed by atoms with Crippen molar-refractivity contribution in [2.24, 2.45) is 0 Å². The van der Waals surface area contributed by atoms with Gasteiger partial charge in [-0.1, -0.05) is 6.92 Å². The molecular formula is C14H14F6O2. The number of aryl methyl sites for hydroxylation is 1. The standard InChI is InChI=1S/C14H14F6O2/c1-3-8-5-10(13(15,16)17)11(14(18,19)20)6-9(8)7-12(21)22-4-2/h5-6H,3-4,7H2,1-2H3. The molecule has 1 rings (SSSR count). The molecule has 0 aliphatic carbocycles. The largest absolute Gasteiger partial charge is 0.466 e. The van der Waals surface area contributed by atoms with Crippen molar-refractivity contribution in [2.75, 3.05) is 6.61 Å². The number of halogens is 6. The highest BCUT2D eigenvalue weighted by molar-refractivity contribution is 5.73. The van der Waals surface area contributed by atoms with E-state index in [0.717, 1.165) is 0 Å². The van der Waals surface area contributed by atoms with Crippen LogP contribution in [0.15, 0.2) is 12.1 Å². The van der Waals surface area contributed by atoms with E-state index in [1.165, 1.54) is 13.8 Å². The van der Waals surface area contributed by atoms with Gasteiger partial charge >= 0.3 is 18.3 Å². The second-order valence-corrected chi connectivity index (χ2v) is 4.50. The Labute approximate surface area is 123 Å². The fourth-order valence-electron chi connectivity index (χ4n) is 2.02. The highest BCUT2D eigenvalue weighted by atomic mass is 19.4. The van der Waals surface area contributed by atoms with Crippen LogP contribution in [-0.2, 0) is 34.7 Å². The summed E-state index contributed by atoms with van der Waals surface area (Å²) in [7, 11) is 0. The lowest BCUT2D eigenvalue weighted by molar-refractivity contribution is -0.162. The van der Waals surface area contributed by atoms with Crippen molar-refractivity contribution in [1.82, 2.24) is 0 Å². The first-order valence-corrected chi connectivity index (χ1v) is 6.46. The van der Waals surface area contributed by atoms with Crippen LogP contribution < -0.4 is 0 Å². The number of esters is 1. The number of hydrogen-bond donors (Lipinski definition) is 0. The second-order valence-electron chi connectivity index (χ2n) is 4.50. The van der Waals surface area contributed by atoms with Crippen LogP contribution in [0.5, 0.6) is 0 Å². The van der Waals surface area contributed by atoms with Crippen LogP contribution in [0.25, 0.3) is 0 Å². The SMILES string of the molecule is CCOC(=O)Cc1cc(C(F)(F)F)c(C(F)(F)F)cc1CC. The normalized spacial score (nSPS) is 12.4. The molecule has 124 valence electrons. The first-order valence-electron chi connectivity index (χ1n) is 6.46. The van der Waals surface area contributed by atoms with Crippen molar-refractivity contribution in [1.29, 1.82) is 0 Å². The van der Waals surface area contributed by atoms with E-state index in [2.05, 4.69) is 4.74 Å². The van der Waals surface area contributed by atoms with Gasteiger partial charge in [0.2, 0.25) is 0 Å². The minimum atomic E-state index is -5.17. The Balaban J connectivity index is 3.44. The number of carbonyl (C=O) groups excluding carboxylic acids is 1. The molecule has 0 saturated carbocycles. The quantitative estimate of drug-likeness (QED) is 0.605. The van der Waals surface area contributed by atoms with Crippen molar-refractivity contribution in [3.63, 3.8) is 0 Å². The predicted octanol–water partition coefficient (Wildman–Crippen LogP) is 4.39. The molecule has 0 N–H and O–H groups in total. The minimum absolute atomic E-state index is 0.0348. The number of carbonyl (C=O) groups is 1. The molecule has 0 spiro atoms.